The molecule has 8 heteroatoms. The highest BCUT2D eigenvalue weighted by molar-refractivity contribution is 14.0. The van der Waals surface area contributed by atoms with Crippen LogP contribution in [-0.4, -0.2) is 43.4 Å². The fraction of sp³-hybridized carbons (Fsp3) is 0.619. The maximum absolute atomic E-state index is 11.6. The van der Waals surface area contributed by atoms with Gasteiger partial charge in [-0.3, -0.25) is 0 Å². The van der Waals surface area contributed by atoms with Gasteiger partial charge in [0.2, 0.25) is 0 Å². The Kier molecular flexibility index (Phi) is 13.7. The molecule has 0 saturated heterocycles. The number of carbonyl (C=O) groups excluding carboxylic acids is 1. The molecule has 0 bridgehead atoms. The zero-order valence-corrected chi connectivity index (χ0v) is 20.8. The molecular weight excluding hydrogens is 483 g/mol. The van der Waals surface area contributed by atoms with Crippen LogP contribution in [0.15, 0.2) is 29.3 Å². The summed E-state index contributed by atoms with van der Waals surface area (Å²) >= 11 is 0. The van der Waals surface area contributed by atoms with Crippen LogP contribution in [0.3, 0.4) is 0 Å². The average Bonchev–Trinajstić information content (AvgIpc) is 2.60. The third-order valence-electron chi connectivity index (χ3n) is 3.42. The molecule has 0 fully saturated rings. The van der Waals surface area contributed by atoms with Gasteiger partial charge < -0.3 is 25.4 Å². The van der Waals surface area contributed by atoms with E-state index in [1.54, 1.807) is 0 Å². The lowest BCUT2D eigenvalue weighted by Crippen LogP contribution is -2.42. The molecule has 0 aromatic heterocycles. The number of carbonyl (C=O) groups is 1. The fourth-order valence-electron chi connectivity index (χ4n) is 2.25. The van der Waals surface area contributed by atoms with Crippen LogP contribution in [0.5, 0.6) is 0 Å². The average molecular weight is 520 g/mol. The van der Waals surface area contributed by atoms with Gasteiger partial charge >= 0.3 is 6.09 Å². The standard InChI is InChI=1S/C21H36N4O3.HI/c1-7-22-19(23-11-12-24-20(26)28-21(4,5)6)25-14-17-9-8-10-18(13-17)15-27-16(2)3;/h8-10,13,16H,7,11-12,14-15H2,1-6H3,(H,24,26)(H2,22,23,25);1H. The lowest BCUT2D eigenvalue weighted by Gasteiger charge is -2.19. The Morgan fingerprint density at radius 3 is 2.38 bits per heavy atom. The minimum absolute atomic E-state index is 0. The van der Waals surface area contributed by atoms with Crippen LogP contribution in [-0.2, 0) is 22.6 Å². The van der Waals surface area contributed by atoms with Crippen molar-refractivity contribution in [2.75, 3.05) is 19.6 Å². The Labute approximate surface area is 192 Å². The minimum atomic E-state index is -0.497. The van der Waals surface area contributed by atoms with E-state index in [2.05, 4.69) is 39.1 Å². The van der Waals surface area contributed by atoms with Gasteiger partial charge in [-0.05, 0) is 52.7 Å². The molecule has 0 unspecified atom stereocenters. The van der Waals surface area contributed by atoms with E-state index in [9.17, 15) is 4.79 Å². The number of hydrogen-bond donors (Lipinski definition) is 3. The van der Waals surface area contributed by atoms with Gasteiger partial charge in [-0.2, -0.15) is 0 Å². The summed E-state index contributed by atoms with van der Waals surface area (Å²) in [6.07, 6.45) is -0.211. The van der Waals surface area contributed by atoms with E-state index in [1.165, 1.54) is 0 Å². The minimum Gasteiger partial charge on any atom is -0.444 e. The summed E-state index contributed by atoms with van der Waals surface area (Å²) in [4.78, 5) is 16.3. The first kappa shape index (κ1) is 27.5. The van der Waals surface area contributed by atoms with Crippen molar-refractivity contribution >= 4 is 36.0 Å². The number of amides is 1. The third-order valence-corrected chi connectivity index (χ3v) is 3.42. The van der Waals surface area contributed by atoms with Gasteiger partial charge in [0.25, 0.3) is 0 Å². The number of rotatable bonds is 9. The Balaban J connectivity index is 0.00000784. The van der Waals surface area contributed by atoms with Crippen molar-refractivity contribution < 1.29 is 14.3 Å². The zero-order valence-electron chi connectivity index (χ0n) is 18.5. The smallest absolute Gasteiger partial charge is 0.407 e. The van der Waals surface area contributed by atoms with Crippen LogP contribution in [0.4, 0.5) is 4.79 Å². The van der Waals surface area contributed by atoms with Crippen molar-refractivity contribution in [1.29, 1.82) is 0 Å². The second-order valence-corrected chi connectivity index (χ2v) is 7.73. The summed E-state index contributed by atoms with van der Waals surface area (Å²) in [6.45, 7) is 14.5. The summed E-state index contributed by atoms with van der Waals surface area (Å²) < 4.78 is 10.9. The summed E-state index contributed by atoms with van der Waals surface area (Å²) in [5.41, 5.74) is 1.76. The van der Waals surface area contributed by atoms with Gasteiger partial charge in [0.1, 0.15) is 5.60 Å². The van der Waals surface area contributed by atoms with E-state index < -0.39 is 11.7 Å². The van der Waals surface area contributed by atoms with E-state index in [0.717, 1.165) is 17.7 Å². The molecule has 0 spiro atoms. The number of guanidine groups is 1. The number of nitrogens with one attached hydrogen (secondary N) is 3. The largest absolute Gasteiger partial charge is 0.444 e. The molecule has 0 aliphatic heterocycles. The van der Waals surface area contributed by atoms with Crippen LogP contribution in [0.2, 0.25) is 0 Å². The molecule has 166 valence electrons. The number of halogens is 1. The Morgan fingerprint density at radius 2 is 1.76 bits per heavy atom. The molecule has 0 aliphatic rings. The zero-order chi connectivity index (χ0) is 21.0. The van der Waals surface area contributed by atoms with E-state index >= 15 is 0 Å². The predicted molar refractivity (Wildman–Crippen MR) is 129 cm³/mol. The molecule has 0 atom stereocenters. The molecule has 0 heterocycles. The van der Waals surface area contributed by atoms with Crippen molar-refractivity contribution in [3.8, 4) is 0 Å². The third kappa shape index (κ3) is 14.1. The van der Waals surface area contributed by atoms with Crippen LogP contribution in [0.25, 0.3) is 0 Å². The first-order valence-corrected chi connectivity index (χ1v) is 9.88. The van der Waals surface area contributed by atoms with Crippen LogP contribution in [0.1, 0.15) is 52.7 Å². The van der Waals surface area contributed by atoms with E-state index in [1.807, 2.05) is 47.6 Å². The highest BCUT2D eigenvalue weighted by Crippen LogP contribution is 2.09. The van der Waals surface area contributed by atoms with Crippen molar-refractivity contribution in [3.05, 3.63) is 35.4 Å². The molecule has 1 amide bonds. The van der Waals surface area contributed by atoms with Crippen LogP contribution < -0.4 is 16.0 Å². The van der Waals surface area contributed by atoms with Crippen LogP contribution in [0, 0.1) is 0 Å². The number of hydrogen-bond acceptors (Lipinski definition) is 4. The fourth-order valence-corrected chi connectivity index (χ4v) is 2.25. The summed E-state index contributed by atoms with van der Waals surface area (Å²) in [6, 6.07) is 8.24. The Hall–Kier alpha value is -1.55. The van der Waals surface area contributed by atoms with E-state index in [4.69, 9.17) is 9.47 Å². The molecule has 1 aromatic rings. The quantitative estimate of drug-likeness (QED) is 0.200. The van der Waals surface area contributed by atoms with Crippen molar-refractivity contribution in [1.82, 2.24) is 16.0 Å². The monoisotopic (exact) mass is 520 g/mol. The molecule has 3 N–H and O–H groups in total. The topological polar surface area (TPSA) is 84.0 Å². The molecular formula is C21H37IN4O3. The number of benzene rings is 1. The first-order chi connectivity index (χ1) is 13.2. The Morgan fingerprint density at radius 1 is 1.10 bits per heavy atom. The molecule has 1 aromatic carbocycles. The highest BCUT2D eigenvalue weighted by atomic mass is 127. The second kappa shape index (κ2) is 14.4. The molecule has 29 heavy (non-hydrogen) atoms. The second-order valence-electron chi connectivity index (χ2n) is 7.73. The van der Waals surface area contributed by atoms with Gasteiger partial charge in [-0.15, -0.1) is 24.0 Å². The lowest BCUT2D eigenvalue weighted by molar-refractivity contribution is 0.0528. The number of nitrogens with zero attached hydrogens (tertiary/aromatic N) is 1. The predicted octanol–water partition coefficient (Wildman–Crippen LogP) is 3.81. The normalized spacial score (nSPS) is 11.6. The number of alkyl carbamates (subject to hydrolysis) is 1. The lowest BCUT2D eigenvalue weighted by atomic mass is 10.1. The van der Waals surface area contributed by atoms with E-state index in [-0.39, 0.29) is 30.1 Å². The molecule has 7 nitrogen and oxygen atoms in total. The summed E-state index contributed by atoms with van der Waals surface area (Å²) in [7, 11) is 0. The van der Waals surface area contributed by atoms with Gasteiger partial charge in [0.05, 0.1) is 19.3 Å². The molecule has 0 radical (unpaired) electrons. The Bertz CT molecular complexity index is 631. The molecule has 1 rings (SSSR count). The van der Waals surface area contributed by atoms with Gasteiger partial charge in [0.15, 0.2) is 5.96 Å². The number of aliphatic imine (C=N–C) groups is 1. The van der Waals surface area contributed by atoms with Crippen molar-refractivity contribution in [2.45, 2.75) is 66.4 Å². The highest BCUT2D eigenvalue weighted by Gasteiger charge is 2.15. The van der Waals surface area contributed by atoms with Gasteiger partial charge in [-0.25, -0.2) is 9.79 Å². The maximum Gasteiger partial charge on any atom is 0.407 e. The molecule has 0 saturated carbocycles. The maximum atomic E-state index is 11.6. The summed E-state index contributed by atoms with van der Waals surface area (Å²) in [5.74, 6) is 0.706. The molecule has 0 aliphatic carbocycles. The van der Waals surface area contributed by atoms with Crippen LogP contribution >= 0.6 is 24.0 Å². The van der Waals surface area contributed by atoms with E-state index in [0.29, 0.717) is 32.2 Å². The first-order valence-electron chi connectivity index (χ1n) is 9.88. The number of ether oxygens (including phenoxy) is 2. The SMILES string of the molecule is CCNC(=NCc1cccc(COC(C)C)c1)NCCNC(=O)OC(C)(C)C.I. The summed E-state index contributed by atoms with van der Waals surface area (Å²) in [5, 5.41) is 9.13. The van der Waals surface area contributed by atoms with Gasteiger partial charge in [-0.1, -0.05) is 24.3 Å². The van der Waals surface area contributed by atoms with Gasteiger partial charge in [0, 0.05) is 19.6 Å². The van der Waals surface area contributed by atoms with Crippen molar-refractivity contribution in [3.63, 3.8) is 0 Å². The van der Waals surface area contributed by atoms with Crippen molar-refractivity contribution in [2.24, 2.45) is 4.99 Å².